The lowest BCUT2D eigenvalue weighted by Crippen LogP contribution is -2.36. The molecule has 4 aliphatic rings. The van der Waals surface area contributed by atoms with Crippen molar-refractivity contribution in [3.8, 4) is 0 Å². The van der Waals surface area contributed by atoms with Crippen molar-refractivity contribution < 1.29 is 42.7 Å². The van der Waals surface area contributed by atoms with Crippen LogP contribution >= 0.6 is 34.0 Å². The lowest BCUT2D eigenvalue weighted by Gasteiger charge is -2.22. The number of amides is 2. The van der Waals surface area contributed by atoms with E-state index in [1.54, 1.807) is 46.5 Å². The van der Waals surface area contributed by atoms with Crippen molar-refractivity contribution in [2.24, 2.45) is 0 Å². The molecule has 0 aromatic carbocycles. The molecular weight excluding hydrogens is 809 g/mol. The molecule has 304 valence electrons. The summed E-state index contributed by atoms with van der Waals surface area (Å²) in [5, 5.41) is 36.6. The number of hydrogen-bond acceptors (Lipinski definition) is 17. The molecule has 4 atom stereocenters. The first-order valence-corrected chi connectivity index (χ1v) is 21.6. The standard InChI is InChI=1S/C22H20N4O5S2.C10H16N4O.C6H4O3S/c27-17(15-7-3-11-32-15)21(29)25-9-1-5-13(25)19-23-24-20(31-19)14-6-2-10-26(14)22(30)18(28)16-8-4-12-33-16;1-3-7(11-5-1)9-13-14-10(15-9)8-4-2-6-12-8;7-5(6(8)9)4-2-1-3-10-4/h3-4,7-8,11-14H,1-2,5-6,9-10H2;7-8,11-12H,1-6H2;1-3H,(H,8,9)/t13-,14-;7-,8-;/m00./s1. The number of hydrogen-bond donors (Lipinski definition) is 3. The van der Waals surface area contributed by atoms with Gasteiger partial charge in [-0.05, 0) is 98.8 Å². The van der Waals surface area contributed by atoms with Crippen molar-refractivity contribution in [2.75, 3.05) is 26.2 Å². The number of aromatic nitrogens is 4. The van der Waals surface area contributed by atoms with Gasteiger partial charge in [0, 0.05) is 13.1 Å². The van der Waals surface area contributed by atoms with Gasteiger partial charge in [-0.1, -0.05) is 18.2 Å². The van der Waals surface area contributed by atoms with E-state index in [2.05, 4.69) is 31.0 Å². The van der Waals surface area contributed by atoms with E-state index in [9.17, 15) is 28.8 Å². The average Bonchev–Trinajstić information content (AvgIpc) is 4.11. The number of nitrogens with zero attached hydrogens (tertiary/aromatic N) is 6. The summed E-state index contributed by atoms with van der Waals surface area (Å²) in [7, 11) is 0. The number of likely N-dealkylation sites (tertiary alicyclic amines) is 2. The Morgan fingerprint density at radius 2 is 0.966 bits per heavy atom. The van der Waals surface area contributed by atoms with E-state index < -0.39 is 47.2 Å². The molecule has 5 aromatic rings. The minimum absolute atomic E-state index is 0.249. The van der Waals surface area contributed by atoms with Gasteiger partial charge in [-0.15, -0.1) is 54.4 Å². The number of nitrogens with one attached hydrogen (secondary N) is 2. The van der Waals surface area contributed by atoms with Crippen LogP contribution in [0.15, 0.2) is 61.4 Å². The van der Waals surface area contributed by atoms with Crippen molar-refractivity contribution in [2.45, 2.75) is 75.5 Å². The van der Waals surface area contributed by atoms with Crippen molar-refractivity contribution in [3.05, 3.63) is 90.7 Å². The molecule has 20 heteroatoms. The SMILES string of the molecule is C1CN[C@H](c2nnc([C@@H]3CCCN3)o2)C1.O=C(C(=O)N1CCC[C@H]1c1nnc([C@@H]2CCCN2C(=O)C(=O)c2cccs2)o1)c1cccs1.O=C(O)C(=O)c1cccs1. The van der Waals surface area contributed by atoms with E-state index in [1.807, 2.05) is 0 Å². The highest BCUT2D eigenvalue weighted by molar-refractivity contribution is 7.13. The van der Waals surface area contributed by atoms with E-state index in [4.69, 9.17) is 13.9 Å². The fourth-order valence-electron chi connectivity index (χ4n) is 7.17. The second kappa shape index (κ2) is 19.0. The van der Waals surface area contributed by atoms with Crippen LogP contribution in [0.2, 0.25) is 0 Å². The molecule has 0 spiro atoms. The molecule has 0 saturated carbocycles. The molecule has 3 N–H and O–H groups in total. The van der Waals surface area contributed by atoms with Crippen LogP contribution in [0.25, 0.3) is 0 Å². The van der Waals surface area contributed by atoms with Crippen molar-refractivity contribution in [1.82, 2.24) is 40.8 Å². The van der Waals surface area contributed by atoms with Gasteiger partial charge < -0.3 is 34.4 Å². The van der Waals surface area contributed by atoms with E-state index in [0.717, 1.165) is 61.9 Å². The minimum Gasteiger partial charge on any atom is -0.475 e. The molecule has 0 radical (unpaired) electrons. The third-order valence-corrected chi connectivity index (χ3v) is 12.7. The maximum Gasteiger partial charge on any atom is 0.378 e. The summed E-state index contributed by atoms with van der Waals surface area (Å²) in [4.78, 5) is 75.4. The van der Waals surface area contributed by atoms with Gasteiger partial charge in [0.15, 0.2) is 0 Å². The van der Waals surface area contributed by atoms with E-state index in [1.165, 1.54) is 51.4 Å². The fourth-order valence-corrected chi connectivity index (χ4v) is 9.13. The van der Waals surface area contributed by atoms with Crippen LogP contribution in [-0.4, -0.2) is 96.6 Å². The van der Waals surface area contributed by atoms with Crippen LogP contribution < -0.4 is 10.6 Å². The number of rotatable bonds is 10. The number of Topliss-reactive ketones (excluding diaryl/α,β-unsaturated/α-hetero) is 3. The van der Waals surface area contributed by atoms with Gasteiger partial charge in [0.05, 0.1) is 26.7 Å². The van der Waals surface area contributed by atoms with Gasteiger partial charge in [-0.25, -0.2) is 4.79 Å². The zero-order valence-electron chi connectivity index (χ0n) is 31.1. The highest BCUT2D eigenvalue weighted by atomic mass is 32.1. The van der Waals surface area contributed by atoms with Crippen molar-refractivity contribution in [1.29, 1.82) is 0 Å². The third kappa shape index (κ3) is 9.36. The van der Waals surface area contributed by atoms with Gasteiger partial charge in [0.2, 0.25) is 23.6 Å². The number of carboxylic acid groups (broad SMARTS) is 1. The zero-order valence-corrected chi connectivity index (χ0v) is 33.6. The van der Waals surface area contributed by atoms with Gasteiger partial charge in [0.25, 0.3) is 29.2 Å². The predicted molar refractivity (Wildman–Crippen MR) is 210 cm³/mol. The van der Waals surface area contributed by atoms with Crippen LogP contribution in [0, 0.1) is 0 Å². The highest BCUT2D eigenvalue weighted by Gasteiger charge is 2.40. The monoisotopic (exact) mass is 848 g/mol. The maximum atomic E-state index is 12.8. The van der Waals surface area contributed by atoms with Crippen LogP contribution in [0.4, 0.5) is 0 Å². The molecule has 5 aromatic heterocycles. The molecule has 9 rings (SSSR count). The summed E-state index contributed by atoms with van der Waals surface area (Å²) in [5.41, 5.74) is 0. The molecule has 2 amide bonds. The molecular formula is C38H40N8O9S3. The number of thiophene rings is 3. The Kier molecular flexibility index (Phi) is 13.4. The highest BCUT2D eigenvalue weighted by Crippen LogP contribution is 2.36. The maximum absolute atomic E-state index is 12.8. The molecule has 58 heavy (non-hydrogen) atoms. The van der Waals surface area contributed by atoms with E-state index in [-0.39, 0.29) is 28.7 Å². The van der Waals surface area contributed by atoms with Crippen LogP contribution in [0.5, 0.6) is 0 Å². The lowest BCUT2D eigenvalue weighted by molar-refractivity contribution is -0.132. The first kappa shape index (κ1) is 40.9. The first-order valence-electron chi connectivity index (χ1n) is 18.9. The summed E-state index contributed by atoms with van der Waals surface area (Å²) in [5.74, 6) is -2.48. The second-order valence-corrected chi connectivity index (χ2v) is 16.6. The molecule has 0 aliphatic carbocycles. The average molecular weight is 849 g/mol. The molecule has 9 heterocycles. The summed E-state index contributed by atoms with van der Waals surface area (Å²) in [6, 6.07) is 9.45. The van der Waals surface area contributed by atoms with Crippen LogP contribution in [0.3, 0.4) is 0 Å². The number of carbonyl (C=O) groups excluding carboxylic acids is 5. The van der Waals surface area contributed by atoms with Gasteiger partial charge in [-0.3, -0.25) is 24.0 Å². The zero-order chi connectivity index (χ0) is 40.6. The topological polar surface area (TPSA) is 231 Å². The Hall–Kier alpha value is -5.28. The minimum atomic E-state index is -1.40. The first-order chi connectivity index (χ1) is 28.2. The Balaban J connectivity index is 0.000000167. The largest absolute Gasteiger partial charge is 0.475 e. The van der Waals surface area contributed by atoms with Gasteiger partial charge in [-0.2, -0.15) is 0 Å². The fraction of sp³-hybridized carbons (Fsp3) is 0.421. The molecule has 4 fully saturated rings. The Morgan fingerprint density at radius 3 is 1.33 bits per heavy atom. The summed E-state index contributed by atoms with van der Waals surface area (Å²) >= 11 is 3.58. The van der Waals surface area contributed by atoms with Crippen molar-refractivity contribution >= 4 is 69.1 Å². The Bertz CT molecular complexity index is 2070. The van der Waals surface area contributed by atoms with Crippen LogP contribution in [-0.2, 0) is 14.4 Å². The lowest BCUT2D eigenvalue weighted by atomic mass is 10.2. The van der Waals surface area contributed by atoms with E-state index >= 15 is 0 Å². The molecule has 17 nitrogen and oxygen atoms in total. The summed E-state index contributed by atoms with van der Waals surface area (Å²) < 4.78 is 11.6. The smallest absolute Gasteiger partial charge is 0.378 e. The molecule has 0 unspecified atom stereocenters. The van der Waals surface area contributed by atoms with E-state index in [0.29, 0.717) is 35.7 Å². The van der Waals surface area contributed by atoms with Gasteiger partial charge in [0.1, 0.15) is 12.1 Å². The molecule has 0 bridgehead atoms. The Labute approximate surface area is 343 Å². The van der Waals surface area contributed by atoms with Gasteiger partial charge >= 0.3 is 5.97 Å². The molecule has 4 saturated heterocycles. The predicted octanol–water partition coefficient (Wildman–Crippen LogP) is 5.22. The van der Waals surface area contributed by atoms with Crippen LogP contribution in [0.1, 0.15) is 128 Å². The number of aliphatic carboxylic acids is 1. The number of carboxylic acids is 1. The Morgan fingerprint density at radius 1 is 0.569 bits per heavy atom. The third-order valence-electron chi connectivity index (χ3n) is 10.0. The summed E-state index contributed by atoms with van der Waals surface area (Å²) in [6.07, 6.45) is 7.27. The number of carbonyl (C=O) groups is 6. The summed E-state index contributed by atoms with van der Waals surface area (Å²) in [6.45, 7) is 2.98. The molecule has 4 aliphatic heterocycles. The number of ketones is 3. The quantitative estimate of drug-likeness (QED) is 0.121. The van der Waals surface area contributed by atoms with Crippen molar-refractivity contribution in [3.63, 3.8) is 0 Å². The second-order valence-electron chi connectivity index (χ2n) is 13.8. The normalized spacial score (nSPS) is 21.2.